The van der Waals surface area contributed by atoms with Crippen LogP contribution in [0.2, 0.25) is 0 Å². The first-order chi connectivity index (χ1) is 13.6. The van der Waals surface area contributed by atoms with Crippen molar-refractivity contribution in [3.63, 3.8) is 0 Å². The van der Waals surface area contributed by atoms with E-state index >= 15 is 0 Å². The van der Waals surface area contributed by atoms with Gasteiger partial charge in [0.15, 0.2) is 17.3 Å². The van der Waals surface area contributed by atoms with Gasteiger partial charge >= 0.3 is 6.61 Å². The van der Waals surface area contributed by atoms with E-state index in [1.54, 1.807) is 36.8 Å². The lowest BCUT2D eigenvalue weighted by Crippen LogP contribution is -2.11. The monoisotopic (exact) mass is 386 g/mol. The summed E-state index contributed by atoms with van der Waals surface area (Å²) in [6.45, 7) is -2.95. The van der Waals surface area contributed by atoms with Crippen molar-refractivity contribution < 1.29 is 23.0 Å². The van der Waals surface area contributed by atoms with Crippen molar-refractivity contribution in [3.8, 4) is 17.3 Å². The van der Waals surface area contributed by atoms with Crippen molar-refractivity contribution in [2.24, 2.45) is 0 Å². The SMILES string of the molecule is COc1cc(/C=C/C(=O)Nc2cccnc2-n2cccn2)ccc1OC(F)F. The Kier molecular flexibility index (Phi) is 5.95. The van der Waals surface area contributed by atoms with Gasteiger partial charge in [-0.3, -0.25) is 4.79 Å². The molecule has 2 aromatic heterocycles. The largest absolute Gasteiger partial charge is 0.493 e. The Bertz CT molecular complexity index is 975. The lowest BCUT2D eigenvalue weighted by atomic mass is 10.2. The van der Waals surface area contributed by atoms with Crippen LogP contribution < -0.4 is 14.8 Å². The van der Waals surface area contributed by atoms with Crippen LogP contribution in [0.4, 0.5) is 14.5 Å². The van der Waals surface area contributed by atoms with E-state index in [-0.39, 0.29) is 11.5 Å². The quantitative estimate of drug-likeness (QED) is 0.629. The van der Waals surface area contributed by atoms with E-state index in [0.717, 1.165) is 0 Å². The maximum atomic E-state index is 12.4. The Hall–Kier alpha value is -3.75. The van der Waals surface area contributed by atoms with Gasteiger partial charge in [-0.2, -0.15) is 13.9 Å². The first-order valence-corrected chi connectivity index (χ1v) is 8.14. The highest BCUT2D eigenvalue weighted by atomic mass is 19.3. The zero-order chi connectivity index (χ0) is 19.9. The van der Waals surface area contributed by atoms with Gasteiger partial charge in [0.1, 0.15) is 0 Å². The molecule has 0 bridgehead atoms. The van der Waals surface area contributed by atoms with Crippen molar-refractivity contribution >= 4 is 17.7 Å². The van der Waals surface area contributed by atoms with E-state index in [1.165, 1.54) is 42.1 Å². The number of pyridine rings is 1. The molecule has 0 aliphatic rings. The number of alkyl halides is 2. The fourth-order valence-electron chi connectivity index (χ4n) is 2.40. The average molecular weight is 386 g/mol. The molecule has 0 atom stereocenters. The molecule has 0 saturated heterocycles. The molecule has 2 heterocycles. The maximum absolute atomic E-state index is 12.4. The maximum Gasteiger partial charge on any atom is 0.387 e. The van der Waals surface area contributed by atoms with Gasteiger partial charge in [0, 0.05) is 24.7 Å². The third kappa shape index (κ3) is 4.70. The van der Waals surface area contributed by atoms with Crippen molar-refractivity contribution in [2.45, 2.75) is 6.61 Å². The summed E-state index contributed by atoms with van der Waals surface area (Å²) in [6.07, 6.45) is 7.74. The summed E-state index contributed by atoms with van der Waals surface area (Å²) in [5.41, 5.74) is 1.06. The number of anilines is 1. The Morgan fingerprint density at radius 3 is 2.79 bits per heavy atom. The molecule has 0 saturated carbocycles. The second kappa shape index (κ2) is 8.76. The number of nitrogens with one attached hydrogen (secondary N) is 1. The molecule has 9 heteroatoms. The smallest absolute Gasteiger partial charge is 0.387 e. The molecule has 0 fully saturated rings. The van der Waals surface area contributed by atoms with Crippen LogP contribution in [0.25, 0.3) is 11.9 Å². The highest BCUT2D eigenvalue weighted by Crippen LogP contribution is 2.29. The second-order valence-corrected chi connectivity index (χ2v) is 5.44. The molecular formula is C19H16F2N4O3. The van der Waals surface area contributed by atoms with Crippen LogP contribution in [0.5, 0.6) is 11.5 Å². The van der Waals surface area contributed by atoms with Crippen molar-refractivity contribution in [3.05, 3.63) is 66.6 Å². The molecule has 0 unspecified atom stereocenters. The summed E-state index contributed by atoms with van der Waals surface area (Å²) in [5, 5.41) is 6.83. The molecule has 1 N–H and O–H groups in total. The zero-order valence-electron chi connectivity index (χ0n) is 14.8. The van der Waals surface area contributed by atoms with Gasteiger partial charge in [-0.15, -0.1) is 0 Å². The molecule has 0 aliphatic carbocycles. The van der Waals surface area contributed by atoms with Gasteiger partial charge in [-0.1, -0.05) is 6.07 Å². The number of nitrogens with zero attached hydrogens (tertiary/aromatic N) is 3. The minimum atomic E-state index is -2.95. The Morgan fingerprint density at radius 1 is 1.21 bits per heavy atom. The number of carbonyl (C=O) groups excluding carboxylic acids is 1. The molecule has 1 aromatic carbocycles. The topological polar surface area (TPSA) is 78.3 Å². The van der Waals surface area contributed by atoms with E-state index in [2.05, 4.69) is 20.1 Å². The number of hydrogen-bond donors (Lipinski definition) is 1. The summed E-state index contributed by atoms with van der Waals surface area (Å²) in [4.78, 5) is 16.5. The Labute approximate surface area is 159 Å². The van der Waals surface area contributed by atoms with E-state index in [1.807, 2.05) is 0 Å². The van der Waals surface area contributed by atoms with Gasteiger partial charge in [-0.25, -0.2) is 9.67 Å². The number of methoxy groups -OCH3 is 1. The van der Waals surface area contributed by atoms with Gasteiger partial charge in [0.05, 0.1) is 12.8 Å². The molecule has 0 aliphatic heterocycles. The standard InChI is InChI=1S/C19H16F2N4O3/c1-27-16-12-13(5-7-15(16)28-19(20)21)6-8-17(26)24-14-4-2-9-22-18(14)25-11-3-10-23-25/h2-12,19H,1H3,(H,24,26)/b8-6+. The van der Waals surface area contributed by atoms with E-state index in [0.29, 0.717) is 17.1 Å². The van der Waals surface area contributed by atoms with Crippen LogP contribution in [0.15, 0.2) is 61.1 Å². The number of benzene rings is 1. The number of aromatic nitrogens is 3. The molecular weight excluding hydrogens is 370 g/mol. The van der Waals surface area contributed by atoms with Crippen molar-refractivity contribution in [2.75, 3.05) is 12.4 Å². The second-order valence-electron chi connectivity index (χ2n) is 5.44. The summed E-state index contributed by atoms with van der Waals surface area (Å²) in [5.74, 6) is 0.132. The first-order valence-electron chi connectivity index (χ1n) is 8.14. The summed E-state index contributed by atoms with van der Waals surface area (Å²) >= 11 is 0. The zero-order valence-corrected chi connectivity index (χ0v) is 14.8. The summed E-state index contributed by atoms with van der Waals surface area (Å²) in [6, 6.07) is 9.51. The average Bonchev–Trinajstić information content (AvgIpc) is 3.22. The Morgan fingerprint density at radius 2 is 2.07 bits per heavy atom. The molecule has 3 aromatic rings. The lowest BCUT2D eigenvalue weighted by molar-refractivity contribution is -0.111. The number of hydrogen-bond acceptors (Lipinski definition) is 5. The molecule has 0 radical (unpaired) electrons. The van der Waals surface area contributed by atoms with Crippen LogP contribution in [0.1, 0.15) is 5.56 Å². The van der Waals surface area contributed by atoms with Gasteiger partial charge in [0.2, 0.25) is 5.91 Å². The molecule has 0 spiro atoms. The minimum absolute atomic E-state index is 0.0849. The minimum Gasteiger partial charge on any atom is -0.493 e. The predicted octanol–water partition coefficient (Wildman–Crippen LogP) is 3.53. The molecule has 28 heavy (non-hydrogen) atoms. The van der Waals surface area contributed by atoms with Crippen molar-refractivity contribution in [1.82, 2.24) is 14.8 Å². The van der Waals surface area contributed by atoms with Gasteiger partial charge in [-0.05, 0) is 42.0 Å². The van der Waals surface area contributed by atoms with Crippen molar-refractivity contribution in [1.29, 1.82) is 0 Å². The third-order valence-corrected chi connectivity index (χ3v) is 3.60. The molecule has 7 nitrogen and oxygen atoms in total. The highest BCUT2D eigenvalue weighted by Gasteiger charge is 2.11. The lowest BCUT2D eigenvalue weighted by Gasteiger charge is -2.10. The Balaban J connectivity index is 1.73. The summed E-state index contributed by atoms with van der Waals surface area (Å²) in [7, 11) is 1.34. The van der Waals surface area contributed by atoms with E-state index < -0.39 is 12.5 Å². The number of amides is 1. The predicted molar refractivity (Wildman–Crippen MR) is 98.6 cm³/mol. The van der Waals surface area contributed by atoms with Crippen LogP contribution >= 0.6 is 0 Å². The number of halogens is 2. The normalized spacial score (nSPS) is 11.0. The number of carbonyl (C=O) groups is 1. The number of ether oxygens (including phenoxy) is 2. The van der Waals surface area contributed by atoms with E-state index in [4.69, 9.17) is 4.74 Å². The first kappa shape index (κ1) is 19.0. The molecule has 3 rings (SSSR count). The molecule has 144 valence electrons. The number of rotatable bonds is 7. The van der Waals surface area contributed by atoms with Crippen LogP contribution in [0, 0.1) is 0 Å². The third-order valence-electron chi connectivity index (χ3n) is 3.60. The van der Waals surface area contributed by atoms with Crippen LogP contribution in [-0.4, -0.2) is 34.4 Å². The van der Waals surface area contributed by atoms with E-state index in [9.17, 15) is 13.6 Å². The fourth-order valence-corrected chi connectivity index (χ4v) is 2.40. The van der Waals surface area contributed by atoms with Gasteiger partial charge < -0.3 is 14.8 Å². The van der Waals surface area contributed by atoms with Gasteiger partial charge in [0.25, 0.3) is 0 Å². The fraction of sp³-hybridized carbons (Fsp3) is 0.105. The summed E-state index contributed by atoms with van der Waals surface area (Å²) < 4.78 is 35.7. The molecule has 1 amide bonds. The van der Waals surface area contributed by atoms with Crippen LogP contribution in [0.3, 0.4) is 0 Å². The highest BCUT2D eigenvalue weighted by molar-refractivity contribution is 6.02. The van der Waals surface area contributed by atoms with Crippen LogP contribution in [-0.2, 0) is 4.79 Å².